The second kappa shape index (κ2) is 5.72. The summed E-state index contributed by atoms with van der Waals surface area (Å²) in [6.45, 7) is 9.80. The van der Waals surface area contributed by atoms with Gasteiger partial charge in [-0.25, -0.2) is 0 Å². The van der Waals surface area contributed by atoms with Crippen LogP contribution in [0.15, 0.2) is 12.2 Å². The number of rotatable bonds is 3. The molecule has 1 heteroatoms. The van der Waals surface area contributed by atoms with Crippen LogP contribution >= 0.6 is 0 Å². The molecule has 0 unspecified atom stereocenters. The maximum atomic E-state index is 9.67. The highest BCUT2D eigenvalue weighted by Crippen LogP contribution is 2.63. The van der Waals surface area contributed by atoms with Crippen molar-refractivity contribution in [1.82, 2.24) is 0 Å². The van der Waals surface area contributed by atoms with Gasteiger partial charge in [0.05, 0.1) is 0 Å². The number of hydrogen-bond donors (Lipinski definition) is 1. The molecular weight excluding hydrogens is 256 g/mol. The number of fused-ring (bicyclic) bond motifs is 1. The van der Waals surface area contributed by atoms with Gasteiger partial charge in [-0.2, -0.15) is 0 Å². The molecule has 1 nitrogen and oxygen atoms in total. The number of allylic oxidation sites excluding steroid dienone is 1. The fourth-order valence-electron chi connectivity index (χ4n) is 6.34. The molecule has 0 aliphatic heterocycles. The standard InChI is InChI=1S/C20H34O/c1-15-7-8-18-16(10-14-21)17(9-13-20(15,18)3)19(2)11-5-4-6-12-19/h16-18,21H,1,4-14H2,2-3H3/t16-,17-,18-,20+/m0/s1. The van der Waals surface area contributed by atoms with E-state index in [1.165, 1.54) is 63.4 Å². The minimum Gasteiger partial charge on any atom is -0.396 e. The van der Waals surface area contributed by atoms with Crippen LogP contribution in [0.1, 0.15) is 78.1 Å². The van der Waals surface area contributed by atoms with E-state index in [0.717, 1.165) is 24.2 Å². The van der Waals surface area contributed by atoms with Gasteiger partial charge in [0.15, 0.2) is 0 Å². The van der Waals surface area contributed by atoms with Crippen molar-refractivity contribution in [2.75, 3.05) is 6.61 Å². The molecule has 3 fully saturated rings. The van der Waals surface area contributed by atoms with E-state index in [0.29, 0.717) is 17.4 Å². The quantitative estimate of drug-likeness (QED) is 0.696. The van der Waals surface area contributed by atoms with Gasteiger partial charge in [0, 0.05) is 6.61 Å². The van der Waals surface area contributed by atoms with E-state index < -0.39 is 0 Å². The zero-order valence-electron chi connectivity index (χ0n) is 14.2. The summed E-state index contributed by atoms with van der Waals surface area (Å²) in [7, 11) is 0. The Kier molecular flexibility index (Phi) is 4.25. The van der Waals surface area contributed by atoms with Gasteiger partial charge in [0.2, 0.25) is 0 Å². The largest absolute Gasteiger partial charge is 0.396 e. The molecule has 21 heavy (non-hydrogen) atoms. The molecule has 0 aromatic rings. The first-order valence-corrected chi connectivity index (χ1v) is 9.30. The Hall–Kier alpha value is -0.300. The van der Waals surface area contributed by atoms with Crippen molar-refractivity contribution in [1.29, 1.82) is 0 Å². The zero-order valence-corrected chi connectivity index (χ0v) is 14.2. The van der Waals surface area contributed by atoms with E-state index in [1.54, 1.807) is 0 Å². The lowest BCUT2D eigenvalue weighted by Gasteiger charge is -2.54. The molecule has 3 rings (SSSR count). The highest BCUT2D eigenvalue weighted by Gasteiger charge is 2.54. The molecule has 0 heterocycles. The average molecular weight is 290 g/mol. The Morgan fingerprint density at radius 3 is 2.43 bits per heavy atom. The van der Waals surface area contributed by atoms with Crippen LogP contribution in [0.4, 0.5) is 0 Å². The second-order valence-corrected chi connectivity index (χ2v) is 8.70. The van der Waals surface area contributed by atoms with E-state index in [1.807, 2.05) is 0 Å². The molecular formula is C20H34O. The van der Waals surface area contributed by atoms with E-state index in [4.69, 9.17) is 0 Å². The van der Waals surface area contributed by atoms with E-state index in [-0.39, 0.29) is 0 Å². The highest BCUT2D eigenvalue weighted by atomic mass is 16.3. The summed E-state index contributed by atoms with van der Waals surface area (Å²) in [5.41, 5.74) is 2.42. The van der Waals surface area contributed by atoms with Crippen LogP contribution in [-0.2, 0) is 0 Å². The van der Waals surface area contributed by atoms with Crippen molar-refractivity contribution in [2.24, 2.45) is 28.6 Å². The summed E-state index contributed by atoms with van der Waals surface area (Å²) in [6.07, 6.45) is 13.4. The van der Waals surface area contributed by atoms with Gasteiger partial charge >= 0.3 is 0 Å². The number of aliphatic hydroxyl groups is 1. The first-order valence-electron chi connectivity index (χ1n) is 9.30. The maximum absolute atomic E-state index is 9.67. The Morgan fingerprint density at radius 2 is 1.76 bits per heavy atom. The fraction of sp³-hybridized carbons (Fsp3) is 0.900. The molecule has 3 aliphatic rings. The molecule has 0 aromatic heterocycles. The van der Waals surface area contributed by atoms with Crippen molar-refractivity contribution in [3.63, 3.8) is 0 Å². The van der Waals surface area contributed by atoms with Crippen LogP contribution < -0.4 is 0 Å². The van der Waals surface area contributed by atoms with E-state index in [9.17, 15) is 5.11 Å². The lowest BCUT2D eigenvalue weighted by molar-refractivity contribution is -0.0371. The van der Waals surface area contributed by atoms with Crippen LogP contribution in [-0.4, -0.2) is 11.7 Å². The molecule has 4 atom stereocenters. The van der Waals surface area contributed by atoms with Gasteiger partial charge in [0.25, 0.3) is 0 Å². The molecule has 0 spiro atoms. The molecule has 0 saturated heterocycles. The summed E-state index contributed by atoms with van der Waals surface area (Å²) < 4.78 is 0. The summed E-state index contributed by atoms with van der Waals surface area (Å²) in [5.74, 6) is 2.36. The minimum atomic E-state index is 0.371. The van der Waals surface area contributed by atoms with Crippen LogP contribution in [0.2, 0.25) is 0 Å². The number of aliphatic hydroxyl groups excluding tert-OH is 1. The van der Waals surface area contributed by atoms with Gasteiger partial charge in [0.1, 0.15) is 0 Å². The summed E-state index contributed by atoms with van der Waals surface area (Å²) >= 11 is 0. The summed E-state index contributed by atoms with van der Waals surface area (Å²) in [4.78, 5) is 0. The van der Waals surface area contributed by atoms with Crippen LogP contribution in [0.5, 0.6) is 0 Å². The van der Waals surface area contributed by atoms with Crippen molar-refractivity contribution in [3.8, 4) is 0 Å². The molecule has 0 amide bonds. The molecule has 1 N–H and O–H groups in total. The predicted molar refractivity (Wildman–Crippen MR) is 89.1 cm³/mol. The molecule has 120 valence electrons. The third kappa shape index (κ3) is 2.50. The van der Waals surface area contributed by atoms with Crippen LogP contribution in [0.3, 0.4) is 0 Å². The zero-order chi connectivity index (χ0) is 15.1. The lowest BCUT2D eigenvalue weighted by Crippen LogP contribution is -2.46. The van der Waals surface area contributed by atoms with E-state index >= 15 is 0 Å². The average Bonchev–Trinajstić information content (AvgIpc) is 2.76. The maximum Gasteiger partial charge on any atom is 0.0433 e. The van der Waals surface area contributed by atoms with Gasteiger partial charge in [-0.1, -0.05) is 45.3 Å². The molecule has 3 aliphatic carbocycles. The first kappa shape index (κ1) is 15.6. The van der Waals surface area contributed by atoms with Crippen molar-refractivity contribution >= 4 is 0 Å². The third-order valence-corrected chi connectivity index (χ3v) is 7.74. The van der Waals surface area contributed by atoms with Crippen molar-refractivity contribution < 1.29 is 5.11 Å². The molecule has 0 bridgehead atoms. The van der Waals surface area contributed by atoms with E-state index in [2.05, 4.69) is 20.4 Å². The highest BCUT2D eigenvalue weighted by molar-refractivity contribution is 5.20. The lowest BCUT2D eigenvalue weighted by atomic mass is 9.51. The minimum absolute atomic E-state index is 0.371. The first-order chi connectivity index (χ1) is 10.0. The van der Waals surface area contributed by atoms with Crippen LogP contribution in [0.25, 0.3) is 0 Å². The third-order valence-electron chi connectivity index (χ3n) is 7.74. The molecule has 3 saturated carbocycles. The van der Waals surface area contributed by atoms with Gasteiger partial charge in [-0.3, -0.25) is 0 Å². The van der Waals surface area contributed by atoms with Crippen molar-refractivity contribution in [2.45, 2.75) is 78.1 Å². The Bertz CT molecular complexity index is 393. The normalized spacial score (nSPS) is 42.8. The van der Waals surface area contributed by atoms with Crippen LogP contribution in [0, 0.1) is 28.6 Å². The second-order valence-electron chi connectivity index (χ2n) is 8.70. The SMILES string of the molecule is C=C1CC[C@H]2[C@@H](CCO)[C@@H](C3(C)CCCCC3)CC[C@]12C. The Morgan fingerprint density at radius 1 is 1.05 bits per heavy atom. The monoisotopic (exact) mass is 290 g/mol. The topological polar surface area (TPSA) is 20.2 Å². The molecule has 0 radical (unpaired) electrons. The molecule has 0 aromatic carbocycles. The Balaban J connectivity index is 1.86. The van der Waals surface area contributed by atoms with Gasteiger partial charge < -0.3 is 5.11 Å². The number of hydrogen-bond acceptors (Lipinski definition) is 1. The van der Waals surface area contributed by atoms with Gasteiger partial charge in [-0.05, 0) is 73.5 Å². The smallest absolute Gasteiger partial charge is 0.0433 e. The summed E-state index contributed by atoms with van der Waals surface area (Å²) in [6, 6.07) is 0. The predicted octanol–water partition coefficient (Wildman–Crippen LogP) is 5.34. The van der Waals surface area contributed by atoms with Gasteiger partial charge in [-0.15, -0.1) is 0 Å². The summed E-state index contributed by atoms with van der Waals surface area (Å²) in [5, 5.41) is 9.67. The Labute approximate surface area is 131 Å². The van der Waals surface area contributed by atoms with Crippen molar-refractivity contribution in [3.05, 3.63) is 12.2 Å². The fourth-order valence-corrected chi connectivity index (χ4v) is 6.34.